The van der Waals surface area contributed by atoms with Crippen LogP contribution in [0.3, 0.4) is 0 Å². The smallest absolute Gasteiger partial charge is 0.139 e. The summed E-state index contributed by atoms with van der Waals surface area (Å²) in [4.78, 5) is 6.93. The Balaban J connectivity index is 1.41. The van der Waals surface area contributed by atoms with Gasteiger partial charge >= 0.3 is 0 Å². The molecule has 0 saturated carbocycles. The Bertz CT molecular complexity index is 1040. The number of nitrogens with zero attached hydrogens (tertiary/aromatic N) is 2. The van der Waals surface area contributed by atoms with Crippen LogP contribution in [0.4, 0.5) is 5.69 Å². The molecule has 2 fully saturated rings. The van der Waals surface area contributed by atoms with Crippen molar-refractivity contribution in [1.82, 2.24) is 10.3 Å². The third-order valence-corrected chi connectivity index (χ3v) is 6.93. The van der Waals surface area contributed by atoms with E-state index in [4.69, 9.17) is 9.47 Å². The van der Waals surface area contributed by atoms with Gasteiger partial charge in [0.1, 0.15) is 11.9 Å². The van der Waals surface area contributed by atoms with E-state index in [9.17, 15) is 0 Å². The molecule has 5 nitrogen and oxygen atoms in total. The quantitative estimate of drug-likeness (QED) is 0.648. The second-order valence-corrected chi connectivity index (χ2v) is 8.95. The predicted octanol–water partition coefficient (Wildman–Crippen LogP) is 4.69. The molecular formula is C24H27N3O2S. The molecule has 2 saturated heterocycles. The number of thiazole rings is 1. The summed E-state index contributed by atoms with van der Waals surface area (Å²) in [5.74, 6) is 1.37. The monoisotopic (exact) mass is 421 g/mol. The summed E-state index contributed by atoms with van der Waals surface area (Å²) in [6, 6.07) is 13.1. The molecule has 3 aromatic rings. The zero-order valence-electron chi connectivity index (χ0n) is 17.3. The number of ether oxygens (including phenoxy) is 2. The molecule has 156 valence electrons. The van der Waals surface area contributed by atoms with Crippen molar-refractivity contribution >= 4 is 27.2 Å². The summed E-state index contributed by atoms with van der Waals surface area (Å²) in [5, 5.41) is 3.34. The van der Waals surface area contributed by atoms with E-state index in [-0.39, 0.29) is 6.10 Å². The Kier molecular flexibility index (Phi) is 5.35. The standard InChI is InChI=1S/C24H27N3O2S/c1-16-11-20(14-25-16)17(2)29-23-13-19(12-22-24(23)30-15-26-22)18-3-5-21(6-4-18)27-7-9-28-10-8-27/h3-6,12-13,15,17,20,25H,1,7-11,14H2,2H3/t17-,20-/m1/s1. The van der Waals surface area contributed by atoms with Gasteiger partial charge in [0.05, 0.1) is 28.9 Å². The fraction of sp³-hybridized carbons (Fsp3) is 0.375. The van der Waals surface area contributed by atoms with Crippen molar-refractivity contribution in [2.45, 2.75) is 19.4 Å². The molecule has 1 aromatic heterocycles. The number of hydrogen-bond acceptors (Lipinski definition) is 6. The molecule has 0 unspecified atom stereocenters. The number of benzene rings is 2. The van der Waals surface area contributed by atoms with Crippen molar-refractivity contribution in [2.24, 2.45) is 5.92 Å². The van der Waals surface area contributed by atoms with E-state index >= 15 is 0 Å². The lowest BCUT2D eigenvalue weighted by Crippen LogP contribution is -2.36. The number of aromatic nitrogens is 1. The Morgan fingerprint density at radius 1 is 1.20 bits per heavy atom. The molecule has 5 rings (SSSR count). The summed E-state index contributed by atoms with van der Waals surface area (Å²) in [6.45, 7) is 10.6. The van der Waals surface area contributed by atoms with E-state index in [2.05, 4.69) is 65.1 Å². The maximum absolute atomic E-state index is 6.47. The topological polar surface area (TPSA) is 46.6 Å². The highest BCUT2D eigenvalue weighted by Gasteiger charge is 2.25. The second-order valence-electron chi connectivity index (χ2n) is 8.09. The fourth-order valence-corrected chi connectivity index (χ4v) is 4.97. The van der Waals surface area contributed by atoms with E-state index < -0.39 is 0 Å². The first kappa shape index (κ1) is 19.4. The molecule has 0 aliphatic carbocycles. The highest BCUT2D eigenvalue weighted by atomic mass is 32.1. The van der Waals surface area contributed by atoms with Crippen LogP contribution >= 0.6 is 11.3 Å². The van der Waals surface area contributed by atoms with Crippen molar-refractivity contribution in [3.05, 3.63) is 54.2 Å². The van der Waals surface area contributed by atoms with Gasteiger partial charge < -0.3 is 19.7 Å². The van der Waals surface area contributed by atoms with Gasteiger partial charge in [-0.25, -0.2) is 4.98 Å². The molecule has 0 bridgehead atoms. The van der Waals surface area contributed by atoms with E-state index in [0.29, 0.717) is 5.92 Å². The molecule has 2 aromatic carbocycles. The molecule has 3 heterocycles. The first-order chi connectivity index (χ1) is 14.7. The molecule has 2 aliphatic rings. The van der Waals surface area contributed by atoms with Gasteiger partial charge in [-0.1, -0.05) is 18.7 Å². The first-order valence-electron chi connectivity index (χ1n) is 10.6. The third kappa shape index (κ3) is 3.89. The molecule has 0 amide bonds. The van der Waals surface area contributed by atoms with Crippen molar-refractivity contribution in [3.63, 3.8) is 0 Å². The number of nitrogens with one attached hydrogen (secondary N) is 1. The minimum Gasteiger partial charge on any atom is -0.489 e. The van der Waals surface area contributed by atoms with Crippen LogP contribution in [-0.2, 0) is 4.74 Å². The molecule has 6 heteroatoms. The minimum absolute atomic E-state index is 0.112. The maximum atomic E-state index is 6.47. The summed E-state index contributed by atoms with van der Waals surface area (Å²) in [5.41, 5.74) is 7.55. The Labute approximate surface area is 181 Å². The molecule has 30 heavy (non-hydrogen) atoms. The largest absolute Gasteiger partial charge is 0.489 e. The zero-order chi connectivity index (χ0) is 20.5. The van der Waals surface area contributed by atoms with E-state index in [1.165, 1.54) is 11.3 Å². The van der Waals surface area contributed by atoms with Crippen molar-refractivity contribution in [3.8, 4) is 16.9 Å². The van der Waals surface area contributed by atoms with Crippen LogP contribution in [-0.4, -0.2) is 43.9 Å². The lowest BCUT2D eigenvalue weighted by Gasteiger charge is -2.29. The van der Waals surface area contributed by atoms with Crippen LogP contribution in [0.25, 0.3) is 21.3 Å². The lowest BCUT2D eigenvalue weighted by atomic mass is 10.0. The number of allylic oxidation sites excluding steroid dienone is 1. The van der Waals surface area contributed by atoms with Crippen molar-refractivity contribution in [1.29, 1.82) is 0 Å². The SMILES string of the molecule is C=C1C[C@@H]([C@@H](C)Oc2cc(-c3ccc(N4CCOCC4)cc3)cc3ncsc23)CN1. The molecule has 0 radical (unpaired) electrons. The van der Waals surface area contributed by atoms with Gasteiger partial charge in [0.15, 0.2) is 0 Å². The van der Waals surface area contributed by atoms with E-state index in [1.54, 1.807) is 11.3 Å². The van der Waals surface area contributed by atoms with Gasteiger partial charge in [-0.05, 0) is 48.7 Å². The normalized spacial score (nSPS) is 20.4. The van der Waals surface area contributed by atoms with Crippen molar-refractivity contribution in [2.75, 3.05) is 37.7 Å². The molecular weight excluding hydrogens is 394 g/mol. The summed E-state index contributed by atoms with van der Waals surface area (Å²) < 4.78 is 13.0. The molecule has 2 atom stereocenters. The van der Waals surface area contributed by atoms with Crippen LogP contribution in [0, 0.1) is 5.92 Å². The molecule has 2 aliphatic heterocycles. The van der Waals surface area contributed by atoms with Crippen LogP contribution < -0.4 is 15.0 Å². The van der Waals surface area contributed by atoms with Gasteiger partial charge in [0, 0.05) is 36.9 Å². The maximum Gasteiger partial charge on any atom is 0.139 e. The summed E-state index contributed by atoms with van der Waals surface area (Å²) in [6.07, 6.45) is 1.08. The number of anilines is 1. The number of hydrogen-bond donors (Lipinski definition) is 1. The van der Waals surface area contributed by atoms with E-state index in [1.807, 2.05) is 5.51 Å². The number of fused-ring (bicyclic) bond motifs is 1. The van der Waals surface area contributed by atoms with Gasteiger partial charge in [-0.15, -0.1) is 11.3 Å². The van der Waals surface area contributed by atoms with Crippen LogP contribution in [0.15, 0.2) is 54.2 Å². The molecule has 0 spiro atoms. The molecule has 1 N–H and O–H groups in total. The number of morpholine rings is 1. The van der Waals surface area contributed by atoms with E-state index in [0.717, 1.165) is 66.5 Å². The summed E-state index contributed by atoms with van der Waals surface area (Å²) in [7, 11) is 0. The predicted molar refractivity (Wildman–Crippen MR) is 123 cm³/mol. The third-order valence-electron chi connectivity index (χ3n) is 6.07. The van der Waals surface area contributed by atoms with Gasteiger partial charge in [0.25, 0.3) is 0 Å². The Hall–Kier alpha value is -2.57. The first-order valence-corrected chi connectivity index (χ1v) is 11.4. The zero-order valence-corrected chi connectivity index (χ0v) is 18.1. The Morgan fingerprint density at radius 2 is 2.00 bits per heavy atom. The van der Waals surface area contributed by atoms with Gasteiger partial charge in [0.2, 0.25) is 0 Å². The average molecular weight is 422 g/mol. The second kappa shape index (κ2) is 8.28. The van der Waals surface area contributed by atoms with Gasteiger partial charge in [-0.3, -0.25) is 0 Å². The minimum atomic E-state index is 0.112. The highest BCUT2D eigenvalue weighted by Crippen LogP contribution is 2.37. The van der Waals surface area contributed by atoms with Crippen molar-refractivity contribution < 1.29 is 9.47 Å². The lowest BCUT2D eigenvalue weighted by molar-refractivity contribution is 0.122. The average Bonchev–Trinajstić information content (AvgIpc) is 3.43. The fourth-order valence-electron chi connectivity index (χ4n) is 4.24. The number of rotatable bonds is 5. The van der Waals surface area contributed by atoms with Crippen LogP contribution in [0.2, 0.25) is 0 Å². The van der Waals surface area contributed by atoms with Crippen LogP contribution in [0.5, 0.6) is 5.75 Å². The summed E-state index contributed by atoms with van der Waals surface area (Å²) >= 11 is 1.64. The van der Waals surface area contributed by atoms with Gasteiger partial charge in [-0.2, -0.15) is 0 Å². The Morgan fingerprint density at radius 3 is 2.73 bits per heavy atom. The highest BCUT2D eigenvalue weighted by molar-refractivity contribution is 7.17. The van der Waals surface area contributed by atoms with Crippen LogP contribution in [0.1, 0.15) is 13.3 Å².